The van der Waals surface area contributed by atoms with Crippen molar-refractivity contribution < 1.29 is 14.3 Å². The molecule has 2 rings (SSSR count). The number of rotatable bonds is 2. The summed E-state index contributed by atoms with van der Waals surface area (Å²) in [5.41, 5.74) is 0.479. The summed E-state index contributed by atoms with van der Waals surface area (Å²) >= 11 is 5.22. The molecule has 1 saturated heterocycles. The van der Waals surface area contributed by atoms with Gasteiger partial charge in [0.25, 0.3) is 5.24 Å². The maximum Gasteiger partial charge on any atom is 0.252 e. The molecule has 0 radical (unpaired) electrons. The molecule has 0 saturated carbocycles. The lowest BCUT2D eigenvalue weighted by Crippen LogP contribution is -1.88. The molecule has 1 aliphatic heterocycles. The minimum absolute atomic E-state index is 0.451. The molecule has 1 aliphatic rings. The summed E-state index contributed by atoms with van der Waals surface area (Å²) in [4.78, 5) is 10.6. The van der Waals surface area contributed by atoms with Crippen LogP contribution in [-0.4, -0.2) is 19.0 Å². The monoisotopic (exact) mass is 226 g/mol. The average Bonchev–Trinajstić information content (AvgIpc) is 3.02. The standard InChI is InChI=1S/C8H7ClO2.C3H4O/c1-11-7-4-2-6(3-5-7)8(9)10;1-3-2-4-3/h2-5H,1H3;1-2H2. The fraction of sp³-hybridized carbons (Fsp3) is 0.182. The Balaban J connectivity index is 0.000000234. The van der Waals surface area contributed by atoms with Gasteiger partial charge in [-0.15, -0.1) is 0 Å². The van der Waals surface area contributed by atoms with Crippen LogP contribution in [0.1, 0.15) is 10.4 Å². The van der Waals surface area contributed by atoms with Gasteiger partial charge in [-0.1, -0.05) is 6.58 Å². The lowest BCUT2D eigenvalue weighted by molar-refractivity contribution is 0.108. The van der Waals surface area contributed by atoms with Gasteiger partial charge in [0.15, 0.2) is 0 Å². The highest BCUT2D eigenvalue weighted by Gasteiger charge is 2.05. The van der Waals surface area contributed by atoms with E-state index in [1.54, 1.807) is 31.4 Å². The van der Waals surface area contributed by atoms with Gasteiger partial charge < -0.3 is 9.47 Å². The number of ether oxygens (including phenoxy) is 2. The molecule has 1 aromatic rings. The number of benzene rings is 1. The summed E-state index contributed by atoms with van der Waals surface area (Å²) in [6.07, 6.45) is 0. The first-order valence-corrected chi connectivity index (χ1v) is 4.65. The smallest absolute Gasteiger partial charge is 0.252 e. The van der Waals surface area contributed by atoms with Crippen LogP contribution in [0.25, 0.3) is 0 Å². The number of carbonyl (C=O) groups excluding carboxylic acids is 1. The molecule has 0 spiro atoms. The third kappa shape index (κ3) is 4.51. The summed E-state index contributed by atoms with van der Waals surface area (Å²) in [7, 11) is 1.57. The summed E-state index contributed by atoms with van der Waals surface area (Å²) in [6.45, 7) is 4.24. The average molecular weight is 227 g/mol. The van der Waals surface area contributed by atoms with Gasteiger partial charge in [-0.05, 0) is 35.9 Å². The molecule has 0 aliphatic carbocycles. The van der Waals surface area contributed by atoms with E-state index >= 15 is 0 Å². The summed E-state index contributed by atoms with van der Waals surface area (Å²) in [5.74, 6) is 1.63. The van der Waals surface area contributed by atoms with Crippen molar-refractivity contribution in [1.29, 1.82) is 0 Å². The van der Waals surface area contributed by atoms with Crippen molar-refractivity contribution in [2.24, 2.45) is 0 Å². The van der Waals surface area contributed by atoms with Gasteiger partial charge in [-0.3, -0.25) is 4.79 Å². The number of hydrogen-bond donors (Lipinski definition) is 0. The molecule has 3 nitrogen and oxygen atoms in total. The molecule has 0 bridgehead atoms. The molecule has 1 heterocycles. The first kappa shape index (κ1) is 11.6. The molecule has 1 fully saturated rings. The van der Waals surface area contributed by atoms with Crippen LogP contribution in [0.4, 0.5) is 0 Å². The zero-order valence-corrected chi connectivity index (χ0v) is 9.08. The third-order valence-electron chi connectivity index (χ3n) is 1.67. The number of carbonyl (C=O) groups is 1. The highest BCUT2D eigenvalue weighted by molar-refractivity contribution is 6.67. The second-order valence-electron chi connectivity index (χ2n) is 2.83. The Hall–Kier alpha value is -1.48. The van der Waals surface area contributed by atoms with E-state index in [1.165, 1.54) is 0 Å². The van der Waals surface area contributed by atoms with Crippen LogP contribution >= 0.6 is 11.6 Å². The maximum absolute atomic E-state index is 10.6. The van der Waals surface area contributed by atoms with Gasteiger partial charge in [-0.25, -0.2) is 0 Å². The topological polar surface area (TPSA) is 38.8 Å². The second-order valence-corrected chi connectivity index (χ2v) is 3.17. The molecule has 4 heteroatoms. The van der Waals surface area contributed by atoms with Gasteiger partial charge in [0.2, 0.25) is 0 Å². The van der Waals surface area contributed by atoms with Crippen LogP contribution < -0.4 is 4.74 Å². The fourth-order valence-electron chi connectivity index (χ4n) is 0.773. The minimum Gasteiger partial charge on any atom is -0.497 e. The molecule has 0 unspecified atom stereocenters. The Bertz CT molecular complexity index is 351. The first-order chi connectivity index (χ1) is 7.13. The van der Waals surface area contributed by atoms with E-state index in [0.29, 0.717) is 11.3 Å². The Morgan fingerprint density at radius 3 is 2.20 bits per heavy atom. The SMILES string of the molecule is C=C1CO1.COc1ccc(C(=O)Cl)cc1. The van der Waals surface area contributed by atoms with E-state index in [0.717, 1.165) is 12.4 Å². The quantitative estimate of drug-likeness (QED) is 0.575. The lowest BCUT2D eigenvalue weighted by Gasteiger charge is -1.98. The van der Waals surface area contributed by atoms with Gasteiger partial charge in [-0.2, -0.15) is 0 Å². The third-order valence-corrected chi connectivity index (χ3v) is 1.88. The summed E-state index contributed by atoms with van der Waals surface area (Å²) < 4.78 is 9.41. The molecule has 0 N–H and O–H groups in total. The number of methoxy groups -OCH3 is 1. The Morgan fingerprint density at radius 2 is 1.93 bits per heavy atom. The largest absolute Gasteiger partial charge is 0.497 e. The highest BCUT2D eigenvalue weighted by atomic mass is 35.5. The lowest BCUT2D eigenvalue weighted by atomic mass is 10.2. The number of halogens is 1. The van der Waals surface area contributed by atoms with Gasteiger partial charge in [0.1, 0.15) is 18.1 Å². The van der Waals surface area contributed by atoms with E-state index in [4.69, 9.17) is 16.3 Å². The van der Waals surface area contributed by atoms with Gasteiger partial charge in [0, 0.05) is 5.56 Å². The minimum atomic E-state index is -0.451. The van der Waals surface area contributed by atoms with Crippen molar-refractivity contribution >= 4 is 16.8 Å². The molecule has 1 aromatic carbocycles. The van der Waals surface area contributed by atoms with Crippen LogP contribution in [0.2, 0.25) is 0 Å². The molecular formula is C11H11ClO3. The summed E-state index contributed by atoms with van der Waals surface area (Å²) in [6, 6.07) is 6.62. The first-order valence-electron chi connectivity index (χ1n) is 4.28. The molecular weight excluding hydrogens is 216 g/mol. The molecule has 80 valence electrons. The van der Waals surface area contributed by atoms with Crippen molar-refractivity contribution in [3.63, 3.8) is 0 Å². The highest BCUT2D eigenvalue weighted by Crippen LogP contribution is 2.12. The zero-order chi connectivity index (χ0) is 11.3. The van der Waals surface area contributed by atoms with Crippen LogP contribution in [0.3, 0.4) is 0 Å². The second kappa shape index (κ2) is 5.41. The molecule has 0 amide bonds. The van der Waals surface area contributed by atoms with Crippen LogP contribution in [0, 0.1) is 0 Å². The van der Waals surface area contributed by atoms with Gasteiger partial charge >= 0.3 is 0 Å². The van der Waals surface area contributed by atoms with E-state index in [1.807, 2.05) is 0 Å². The van der Waals surface area contributed by atoms with Crippen molar-refractivity contribution in [3.05, 3.63) is 42.2 Å². The van der Waals surface area contributed by atoms with Crippen LogP contribution in [0.5, 0.6) is 5.75 Å². The predicted molar refractivity (Wildman–Crippen MR) is 58.3 cm³/mol. The Kier molecular flexibility index (Phi) is 4.18. The van der Waals surface area contributed by atoms with E-state index < -0.39 is 5.24 Å². The Labute approximate surface area is 93.3 Å². The van der Waals surface area contributed by atoms with Gasteiger partial charge in [0.05, 0.1) is 7.11 Å². The maximum atomic E-state index is 10.6. The van der Waals surface area contributed by atoms with E-state index in [-0.39, 0.29) is 0 Å². The number of epoxide rings is 1. The molecule has 0 atom stereocenters. The predicted octanol–water partition coefficient (Wildman–Crippen LogP) is 2.60. The van der Waals surface area contributed by atoms with E-state index in [2.05, 4.69) is 11.3 Å². The Morgan fingerprint density at radius 1 is 1.47 bits per heavy atom. The normalized spacial score (nSPS) is 12.0. The van der Waals surface area contributed by atoms with Crippen molar-refractivity contribution in [3.8, 4) is 5.75 Å². The zero-order valence-electron chi connectivity index (χ0n) is 8.33. The van der Waals surface area contributed by atoms with Crippen LogP contribution in [-0.2, 0) is 4.74 Å². The van der Waals surface area contributed by atoms with Crippen LogP contribution in [0.15, 0.2) is 36.6 Å². The molecule has 15 heavy (non-hydrogen) atoms. The van der Waals surface area contributed by atoms with Crippen molar-refractivity contribution in [2.75, 3.05) is 13.7 Å². The fourth-order valence-corrected chi connectivity index (χ4v) is 0.899. The van der Waals surface area contributed by atoms with Crippen molar-refractivity contribution in [2.45, 2.75) is 0 Å². The molecule has 0 aromatic heterocycles. The number of hydrogen-bond acceptors (Lipinski definition) is 3. The summed E-state index contributed by atoms with van der Waals surface area (Å²) in [5, 5.41) is -0.451. The van der Waals surface area contributed by atoms with Crippen molar-refractivity contribution in [1.82, 2.24) is 0 Å². The van der Waals surface area contributed by atoms with E-state index in [9.17, 15) is 4.79 Å².